The highest BCUT2D eigenvalue weighted by atomic mass is 16.5. The maximum atomic E-state index is 13.0. The summed E-state index contributed by atoms with van der Waals surface area (Å²) in [6.07, 6.45) is 2.22. The van der Waals surface area contributed by atoms with Gasteiger partial charge in [-0.15, -0.1) is 0 Å². The third-order valence-corrected chi connectivity index (χ3v) is 6.62. The van der Waals surface area contributed by atoms with Crippen molar-refractivity contribution in [1.82, 2.24) is 0 Å². The Bertz CT molecular complexity index is 1350. The van der Waals surface area contributed by atoms with Crippen LogP contribution < -0.4 is 9.47 Å². The number of carbonyl (C=O) groups is 2. The highest BCUT2D eigenvalue weighted by Gasteiger charge is 2.20. The Kier molecular flexibility index (Phi) is 7.88. The SMILES string of the molecule is CCCC(C)(C)c1ccc(C(=O)c2ccc(Oc3ccc(C(=O)c4ccc(OC)cc4)cc3)cc2)cc1. The monoisotopic (exact) mass is 492 g/mol. The number of hydrogen-bond donors (Lipinski definition) is 0. The summed E-state index contributed by atoms with van der Waals surface area (Å²) in [5.41, 5.74) is 3.77. The van der Waals surface area contributed by atoms with Gasteiger partial charge in [0.05, 0.1) is 7.11 Å². The van der Waals surface area contributed by atoms with Gasteiger partial charge in [0, 0.05) is 22.3 Å². The first-order valence-electron chi connectivity index (χ1n) is 12.5. The van der Waals surface area contributed by atoms with Crippen molar-refractivity contribution in [3.05, 3.63) is 125 Å². The number of benzene rings is 4. The summed E-state index contributed by atoms with van der Waals surface area (Å²) >= 11 is 0. The molecule has 4 nitrogen and oxygen atoms in total. The summed E-state index contributed by atoms with van der Waals surface area (Å²) in [5.74, 6) is 1.84. The molecule has 37 heavy (non-hydrogen) atoms. The molecule has 188 valence electrons. The molecule has 0 bridgehead atoms. The first kappa shape index (κ1) is 25.9. The van der Waals surface area contributed by atoms with E-state index in [1.165, 1.54) is 5.56 Å². The Morgan fingerprint density at radius 1 is 0.595 bits per heavy atom. The fourth-order valence-electron chi connectivity index (χ4n) is 4.40. The molecule has 0 saturated heterocycles. The van der Waals surface area contributed by atoms with E-state index in [-0.39, 0.29) is 17.0 Å². The molecule has 0 atom stereocenters. The van der Waals surface area contributed by atoms with Gasteiger partial charge in [0.25, 0.3) is 0 Å². The molecule has 4 rings (SSSR count). The number of ether oxygens (including phenoxy) is 2. The molecule has 0 N–H and O–H groups in total. The Labute approximate surface area is 218 Å². The van der Waals surface area contributed by atoms with E-state index in [0.29, 0.717) is 39.5 Å². The second-order valence-corrected chi connectivity index (χ2v) is 9.75. The second kappa shape index (κ2) is 11.3. The average molecular weight is 493 g/mol. The number of ketones is 2. The molecule has 0 heterocycles. The van der Waals surface area contributed by atoms with E-state index >= 15 is 0 Å². The normalized spacial score (nSPS) is 11.1. The molecule has 4 heteroatoms. The molecule has 4 aromatic rings. The average Bonchev–Trinajstić information content (AvgIpc) is 2.93. The highest BCUT2D eigenvalue weighted by molar-refractivity contribution is 6.09. The van der Waals surface area contributed by atoms with Gasteiger partial charge in [0.15, 0.2) is 11.6 Å². The zero-order valence-electron chi connectivity index (χ0n) is 21.8. The molecule has 0 saturated carbocycles. The van der Waals surface area contributed by atoms with Gasteiger partial charge in [0.1, 0.15) is 17.2 Å². The molecule has 0 spiro atoms. The van der Waals surface area contributed by atoms with Crippen LogP contribution in [0.15, 0.2) is 97.1 Å². The van der Waals surface area contributed by atoms with Gasteiger partial charge in [-0.1, -0.05) is 51.5 Å². The van der Waals surface area contributed by atoms with Gasteiger partial charge in [-0.05, 0) is 90.2 Å². The smallest absolute Gasteiger partial charge is 0.193 e. The van der Waals surface area contributed by atoms with Crippen molar-refractivity contribution in [2.45, 2.75) is 39.0 Å². The zero-order chi connectivity index (χ0) is 26.4. The maximum absolute atomic E-state index is 13.0. The van der Waals surface area contributed by atoms with Gasteiger partial charge in [-0.3, -0.25) is 9.59 Å². The standard InChI is InChI=1S/C33H32O4/c1-5-22-33(2,3)27-14-6-23(7-15-27)31(34)25-10-18-29(19-11-25)37-30-20-12-26(13-21-30)32(35)24-8-16-28(36-4)17-9-24/h6-21H,5,22H2,1-4H3. The van der Waals surface area contributed by atoms with Crippen LogP contribution in [-0.4, -0.2) is 18.7 Å². The van der Waals surface area contributed by atoms with Crippen LogP contribution in [0, 0.1) is 0 Å². The lowest BCUT2D eigenvalue weighted by atomic mass is 9.80. The number of methoxy groups -OCH3 is 1. The van der Waals surface area contributed by atoms with E-state index in [0.717, 1.165) is 12.8 Å². The molecule has 4 aromatic carbocycles. The Hall–Kier alpha value is -4.18. The Morgan fingerprint density at radius 3 is 1.30 bits per heavy atom. The lowest BCUT2D eigenvalue weighted by Gasteiger charge is -2.24. The maximum Gasteiger partial charge on any atom is 0.193 e. The first-order chi connectivity index (χ1) is 17.8. The molecule has 0 aromatic heterocycles. The van der Waals surface area contributed by atoms with Crippen LogP contribution in [0.2, 0.25) is 0 Å². The van der Waals surface area contributed by atoms with E-state index < -0.39 is 0 Å². The third-order valence-electron chi connectivity index (χ3n) is 6.62. The zero-order valence-corrected chi connectivity index (χ0v) is 21.8. The van der Waals surface area contributed by atoms with Crippen LogP contribution in [0.25, 0.3) is 0 Å². The van der Waals surface area contributed by atoms with Crippen molar-refractivity contribution in [2.75, 3.05) is 7.11 Å². The van der Waals surface area contributed by atoms with Crippen LogP contribution in [0.5, 0.6) is 17.2 Å². The molecule has 0 amide bonds. The predicted molar refractivity (Wildman–Crippen MR) is 147 cm³/mol. The molecule has 0 fully saturated rings. The fourth-order valence-corrected chi connectivity index (χ4v) is 4.40. The van der Waals surface area contributed by atoms with E-state index in [4.69, 9.17) is 9.47 Å². The quantitative estimate of drug-likeness (QED) is 0.210. The van der Waals surface area contributed by atoms with Crippen molar-refractivity contribution in [3.63, 3.8) is 0 Å². The molecule has 0 aliphatic carbocycles. The second-order valence-electron chi connectivity index (χ2n) is 9.75. The van der Waals surface area contributed by atoms with Crippen molar-refractivity contribution >= 4 is 11.6 Å². The van der Waals surface area contributed by atoms with Crippen LogP contribution in [0.1, 0.15) is 71.0 Å². The van der Waals surface area contributed by atoms with Crippen molar-refractivity contribution in [2.24, 2.45) is 0 Å². The topological polar surface area (TPSA) is 52.6 Å². The molecular weight excluding hydrogens is 460 g/mol. The summed E-state index contributed by atoms with van der Waals surface area (Å²) < 4.78 is 11.1. The summed E-state index contributed by atoms with van der Waals surface area (Å²) in [7, 11) is 1.59. The first-order valence-corrected chi connectivity index (χ1v) is 12.5. The number of rotatable bonds is 10. The van der Waals surface area contributed by atoms with Crippen molar-refractivity contribution in [1.29, 1.82) is 0 Å². The van der Waals surface area contributed by atoms with Gasteiger partial charge in [-0.25, -0.2) is 0 Å². The molecule has 0 aliphatic heterocycles. The van der Waals surface area contributed by atoms with E-state index in [1.54, 1.807) is 79.9 Å². The molecule has 0 radical (unpaired) electrons. The van der Waals surface area contributed by atoms with Crippen LogP contribution in [-0.2, 0) is 5.41 Å². The van der Waals surface area contributed by atoms with Crippen molar-refractivity contribution < 1.29 is 19.1 Å². The minimum absolute atomic E-state index is 0.0206. The van der Waals surface area contributed by atoms with Gasteiger partial charge >= 0.3 is 0 Å². The largest absolute Gasteiger partial charge is 0.497 e. The lowest BCUT2D eigenvalue weighted by molar-refractivity contribution is 0.103. The van der Waals surface area contributed by atoms with Gasteiger partial charge in [0.2, 0.25) is 0 Å². The number of hydrogen-bond acceptors (Lipinski definition) is 4. The van der Waals surface area contributed by atoms with Gasteiger partial charge < -0.3 is 9.47 Å². The summed E-state index contributed by atoms with van der Waals surface area (Å²) in [6, 6.07) is 29.1. The van der Waals surface area contributed by atoms with Crippen LogP contribution >= 0.6 is 0 Å². The van der Waals surface area contributed by atoms with Gasteiger partial charge in [-0.2, -0.15) is 0 Å². The number of carbonyl (C=O) groups excluding carboxylic acids is 2. The summed E-state index contributed by atoms with van der Waals surface area (Å²) in [4.78, 5) is 25.7. The van der Waals surface area contributed by atoms with Crippen molar-refractivity contribution in [3.8, 4) is 17.2 Å². The highest BCUT2D eigenvalue weighted by Crippen LogP contribution is 2.29. The predicted octanol–water partition coefficient (Wildman–Crippen LogP) is 8.03. The van der Waals surface area contributed by atoms with Crippen LogP contribution in [0.4, 0.5) is 0 Å². The lowest BCUT2D eigenvalue weighted by Crippen LogP contribution is -2.16. The molecule has 0 aliphatic rings. The minimum Gasteiger partial charge on any atom is -0.497 e. The van der Waals surface area contributed by atoms with E-state index in [2.05, 4.69) is 32.9 Å². The third kappa shape index (κ3) is 6.15. The Morgan fingerprint density at radius 2 is 0.946 bits per heavy atom. The minimum atomic E-state index is -0.0703. The summed E-state index contributed by atoms with van der Waals surface area (Å²) in [6.45, 7) is 6.66. The van der Waals surface area contributed by atoms with E-state index in [9.17, 15) is 9.59 Å². The summed E-state index contributed by atoms with van der Waals surface area (Å²) in [5, 5.41) is 0. The van der Waals surface area contributed by atoms with Crippen LogP contribution in [0.3, 0.4) is 0 Å². The molecule has 0 unspecified atom stereocenters. The molecular formula is C33H32O4. The fraction of sp³-hybridized carbons (Fsp3) is 0.212. The Balaban J connectivity index is 1.39. The van der Waals surface area contributed by atoms with E-state index in [1.807, 2.05) is 12.1 Å².